The van der Waals surface area contributed by atoms with E-state index in [1.807, 2.05) is 6.92 Å². The first-order valence-electron chi connectivity index (χ1n) is 9.74. The second-order valence-corrected chi connectivity index (χ2v) is 9.44. The second kappa shape index (κ2) is 5.18. The number of carbonyl (C=O) groups is 1. The topological polar surface area (TPSA) is 37.3 Å². The van der Waals surface area contributed by atoms with Crippen LogP contribution >= 0.6 is 0 Å². The van der Waals surface area contributed by atoms with E-state index in [0.717, 1.165) is 43.4 Å². The van der Waals surface area contributed by atoms with E-state index >= 15 is 0 Å². The smallest absolute Gasteiger partial charge is 0.133 e. The quantitative estimate of drug-likeness (QED) is 0.722. The molecule has 3 saturated carbocycles. The molecule has 0 spiro atoms. The van der Waals surface area contributed by atoms with Gasteiger partial charge < -0.3 is 5.11 Å². The number of aliphatic hydroxyl groups excluding tert-OH is 1. The molecule has 128 valence electrons. The predicted octanol–water partition coefficient (Wildman–Crippen LogP) is 4.52. The molecule has 0 aliphatic heterocycles. The number of hydrogen-bond acceptors (Lipinski definition) is 2. The molecule has 0 heterocycles. The minimum absolute atomic E-state index is 0.117. The number of aliphatic hydroxyl groups is 1. The molecule has 0 bridgehead atoms. The summed E-state index contributed by atoms with van der Waals surface area (Å²) in [6.45, 7) is 6.70. The Bertz CT molecular complexity index is 550. The summed E-state index contributed by atoms with van der Waals surface area (Å²) in [6.07, 6.45) is 11.5. The van der Waals surface area contributed by atoms with Crippen LogP contribution in [-0.2, 0) is 4.79 Å². The first-order chi connectivity index (χ1) is 10.9. The Hall–Kier alpha value is -0.630. The van der Waals surface area contributed by atoms with E-state index < -0.39 is 0 Å². The van der Waals surface area contributed by atoms with Gasteiger partial charge in [0.1, 0.15) is 5.78 Å². The molecule has 4 aliphatic rings. The third-order valence-electron chi connectivity index (χ3n) is 8.57. The van der Waals surface area contributed by atoms with E-state index in [-0.39, 0.29) is 11.5 Å². The summed E-state index contributed by atoms with van der Waals surface area (Å²) >= 11 is 0. The average Bonchev–Trinajstić information content (AvgIpc) is 2.85. The Kier molecular flexibility index (Phi) is 3.58. The molecule has 2 heteroatoms. The molecule has 0 amide bonds. The van der Waals surface area contributed by atoms with E-state index in [1.165, 1.54) is 25.7 Å². The second-order valence-electron chi connectivity index (χ2n) is 9.44. The normalized spacial score (nSPS) is 52.2. The molecule has 1 N–H and O–H groups in total. The Morgan fingerprint density at radius 1 is 1.13 bits per heavy atom. The molecule has 0 aromatic heterocycles. The molecular weight excluding hydrogens is 284 g/mol. The number of Topliss-reactive ketones (excluding diaryl/α,β-unsaturated/α-hetero) is 1. The summed E-state index contributed by atoms with van der Waals surface area (Å²) in [5.41, 5.74) is 2.11. The van der Waals surface area contributed by atoms with Crippen LogP contribution in [0.1, 0.15) is 72.1 Å². The highest BCUT2D eigenvalue weighted by Crippen LogP contribution is 2.66. The molecule has 0 aromatic rings. The zero-order valence-corrected chi connectivity index (χ0v) is 15.0. The van der Waals surface area contributed by atoms with Gasteiger partial charge in [-0.25, -0.2) is 0 Å². The van der Waals surface area contributed by atoms with Crippen LogP contribution in [0.25, 0.3) is 0 Å². The van der Waals surface area contributed by atoms with Crippen molar-refractivity contribution in [2.45, 2.75) is 78.2 Å². The lowest BCUT2D eigenvalue weighted by Crippen LogP contribution is -2.50. The molecule has 2 nitrogen and oxygen atoms in total. The Labute approximate surface area is 140 Å². The monoisotopic (exact) mass is 316 g/mol. The first-order valence-corrected chi connectivity index (χ1v) is 9.74. The maximum atomic E-state index is 12.2. The molecule has 0 saturated heterocycles. The molecule has 0 radical (unpaired) electrons. The van der Waals surface area contributed by atoms with Crippen LogP contribution in [0.5, 0.6) is 0 Å². The number of hydrogen-bond donors (Lipinski definition) is 1. The van der Waals surface area contributed by atoms with Crippen LogP contribution in [0.2, 0.25) is 0 Å². The summed E-state index contributed by atoms with van der Waals surface area (Å²) < 4.78 is 0. The minimum atomic E-state index is -0.117. The van der Waals surface area contributed by atoms with Crippen molar-refractivity contribution in [1.82, 2.24) is 0 Å². The van der Waals surface area contributed by atoms with Crippen molar-refractivity contribution in [3.8, 4) is 0 Å². The zero-order chi connectivity index (χ0) is 16.4. The lowest BCUT2D eigenvalue weighted by atomic mass is 9.47. The van der Waals surface area contributed by atoms with Crippen LogP contribution in [0.15, 0.2) is 11.6 Å². The van der Waals surface area contributed by atoms with Gasteiger partial charge in [0.25, 0.3) is 0 Å². The van der Waals surface area contributed by atoms with Gasteiger partial charge in [0.2, 0.25) is 0 Å². The first kappa shape index (κ1) is 15.9. The van der Waals surface area contributed by atoms with Gasteiger partial charge in [-0.1, -0.05) is 25.5 Å². The van der Waals surface area contributed by atoms with Gasteiger partial charge >= 0.3 is 0 Å². The van der Waals surface area contributed by atoms with E-state index in [0.29, 0.717) is 17.1 Å². The molecule has 4 rings (SSSR count). The molecule has 0 aromatic carbocycles. The molecule has 0 unspecified atom stereocenters. The molecule has 7 atom stereocenters. The van der Waals surface area contributed by atoms with Crippen molar-refractivity contribution in [3.05, 3.63) is 11.6 Å². The predicted molar refractivity (Wildman–Crippen MR) is 91.9 cm³/mol. The third-order valence-corrected chi connectivity index (χ3v) is 8.57. The maximum Gasteiger partial charge on any atom is 0.133 e. The SMILES string of the molecule is CC(=O)[C@@H]1CC[C@H]2[C@@H]3CC=C4C[C@@H](O)CC[C@]4(C)[C@H]3CC[C@]12C. The van der Waals surface area contributed by atoms with Gasteiger partial charge in [-0.05, 0) is 86.9 Å². The highest BCUT2D eigenvalue weighted by Gasteiger charge is 2.59. The van der Waals surface area contributed by atoms with Gasteiger partial charge in [-0.3, -0.25) is 4.79 Å². The summed E-state index contributed by atoms with van der Waals surface area (Å²) in [6, 6.07) is 0. The van der Waals surface area contributed by atoms with E-state index in [1.54, 1.807) is 5.57 Å². The summed E-state index contributed by atoms with van der Waals surface area (Å²) in [7, 11) is 0. The van der Waals surface area contributed by atoms with Crippen LogP contribution in [0.3, 0.4) is 0 Å². The molecule has 3 fully saturated rings. The minimum Gasteiger partial charge on any atom is -0.393 e. The number of ketones is 1. The Balaban J connectivity index is 1.66. The van der Waals surface area contributed by atoms with E-state index in [4.69, 9.17) is 0 Å². The summed E-state index contributed by atoms with van der Waals surface area (Å²) in [4.78, 5) is 12.2. The Morgan fingerprint density at radius 2 is 1.91 bits per heavy atom. The van der Waals surface area contributed by atoms with Gasteiger partial charge in [0, 0.05) is 5.92 Å². The maximum absolute atomic E-state index is 12.2. The molecular formula is C21H32O2. The highest BCUT2D eigenvalue weighted by molar-refractivity contribution is 5.79. The highest BCUT2D eigenvalue weighted by atomic mass is 16.3. The van der Waals surface area contributed by atoms with Crippen molar-refractivity contribution < 1.29 is 9.90 Å². The van der Waals surface area contributed by atoms with Crippen molar-refractivity contribution in [2.24, 2.45) is 34.5 Å². The number of rotatable bonds is 1. The van der Waals surface area contributed by atoms with Crippen molar-refractivity contribution in [1.29, 1.82) is 0 Å². The fourth-order valence-electron chi connectivity index (χ4n) is 7.31. The van der Waals surface area contributed by atoms with Gasteiger partial charge in [-0.2, -0.15) is 0 Å². The molecule has 23 heavy (non-hydrogen) atoms. The molecule has 4 aliphatic carbocycles. The zero-order valence-electron chi connectivity index (χ0n) is 15.0. The third kappa shape index (κ3) is 2.13. The van der Waals surface area contributed by atoms with Gasteiger partial charge in [-0.15, -0.1) is 0 Å². The average molecular weight is 316 g/mol. The number of fused-ring (bicyclic) bond motifs is 5. The van der Waals surface area contributed by atoms with Crippen molar-refractivity contribution in [2.75, 3.05) is 0 Å². The van der Waals surface area contributed by atoms with Gasteiger partial charge in [0.05, 0.1) is 6.10 Å². The largest absolute Gasteiger partial charge is 0.393 e. The van der Waals surface area contributed by atoms with Crippen LogP contribution < -0.4 is 0 Å². The van der Waals surface area contributed by atoms with E-state index in [9.17, 15) is 9.90 Å². The van der Waals surface area contributed by atoms with Crippen LogP contribution in [0.4, 0.5) is 0 Å². The van der Waals surface area contributed by atoms with Crippen molar-refractivity contribution in [3.63, 3.8) is 0 Å². The van der Waals surface area contributed by atoms with Crippen LogP contribution in [-0.4, -0.2) is 17.0 Å². The number of carbonyl (C=O) groups excluding carboxylic acids is 1. The van der Waals surface area contributed by atoms with Gasteiger partial charge in [0.15, 0.2) is 0 Å². The Morgan fingerprint density at radius 3 is 2.65 bits per heavy atom. The lowest BCUT2D eigenvalue weighted by Gasteiger charge is -2.57. The summed E-state index contributed by atoms with van der Waals surface area (Å²) in [5, 5.41) is 10.1. The standard InChI is InChI=1S/C21H32O2/c1-13(22)17-6-7-18-16-5-4-14-12-15(23)8-10-20(14,2)19(16)9-11-21(17,18)3/h4,15-19,23H,5-12H2,1-3H3/t15-,16-,17-,18-,19-,20-,21+/m0/s1. The van der Waals surface area contributed by atoms with Crippen molar-refractivity contribution >= 4 is 5.78 Å². The fourth-order valence-corrected chi connectivity index (χ4v) is 7.31. The lowest BCUT2D eigenvalue weighted by molar-refractivity contribution is -0.127. The van der Waals surface area contributed by atoms with E-state index in [2.05, 4.69) is 19.9 Å². The summed E-state index contributed by atoms with van der Waals surface area (Å²) in [5.74, 6) is 3.00. The van der Waals surface area contributed by atoms with Crippen LogP contribution in [0, 0.1) is 34.5 Å². The fraction of sp³-hybridized carbons (Fsp3) is 0.857. The number of allylic oxidation sites excluding steroid dienone is 1.